The Morgan fingerprint density at radius 3 is 2.53 bits per heavy atom. The van der Waals surface area contributed by atoms with Crippen LogP contribution in [0, 0.1) is 0 Å². The predicted octanol–water partition coefficient (Wildman–Crippen LogP) is 3.35. The molecule has 2 nitrogen and oxygen atoms in total. The van der Waals surface area contributed by atoms with E-state index in [0.717, 1.165) is 12.6 Å². The zero-order valence-electron chi connectivity index (χ0n) is 12.0. The molecule has 1 heterocycles. The van der Waals surface area contributed by atoms with Crippen LogP contribution in [0.4, 0.5) is 0 Å². The quantitative estimate of drug-likeness (QED) is 0.875. The third kappa shape index (κ3) is 3.01. The van der Waals surface area contributed by atoms with Gasteiger partial charge in [-0.1, -0.05) is 49.6 Å². The van der Waals surface area contributed by atoms with Gasteiger partial charge in [0.15, 0.2) is 0 Å². The molecule has 1 aliphatic carbocycles. The molecule has 1 saturated heterocycles. The van der Waals surface area contributed by atoms with Gasteiger partial charge in [0.1, 0.15) is 0 Å². The average molecular weight is 258 g/mol. The van der Waals surface area contributed by atoms with Crippen molar-refractivity contribution in [1.29, 1.82) is 0 Å². The molecule has 2 fully saturated rings. The largest absolute Gasteiger partial charge is 0.311 e. The molecule has 3 rings (SSSR count). The smallest absolute Gasteiger partial charge is 0.0476 e. The summed E-state index contributed by atoms with van der Waals surface area (Å²) in [5.41, 5.74) is 1.48. The van der Waals surface area contributed by atoms with E-state index in [1.807, 2.05) is 0 Å². The number of hydrogen-bond acceptors (Lipinski definition) is 2. The minimum atomic E-state index is 0.570. The third-order valence-electron chi connectivity index (χ3n) is 4.77. The number of nitrogens with one attached hydrogen (secondary N) is 1. The lowest BCUT2D eigenvalue weighted by Crippen LogP contribution is -2.54. The second-order valence-electron chi connectivity index (χ2n) is 6.22. The van der Waals surface area contributed by atoms with Crippen LogP contribution in [0.1, 0.15) is 50.6 Å². The number of benzene rings is 1. The van der Waals surface area contributed by atoms with Crippen LogP contribution in [0.3, 0.4) is 0 Å². The van der Waals surface area contributed by atoms with Crippen molar-refractivity contribution in [2.75, 3.05) is 13.1 Å². The number of nitrogens with zero attached hydrogens (tertiary/aromatic N) is 1. The van der Waals surface area contributed by atoms with E-state index < -0.39 is 0 Å². The maximum atomic E-state index is 3.66. The van der Waals surface area contributed by atoms with Crippen LogP contribution in [0.2, 0.25) is 0 Å². The molecule has 2 unspecified atom stereocenters. The highest BCUT2D eigenvalue weighted by atomic mass is 15.3. The van der Waals surface area contributed by atoms with Gasteiger partial charge in [0.2, 0.25) is 0 Å². The first kappa shape index (κ1) is 13.1. The summed E-state index contributed by atoms with van der Waals surface area (Å²) in [4.78, 5) is 2.79. The highest BCUT2D eigenvalue weighted by Crippen LogP contribution is 2.31. The van der Waals surface area contributed by atoms with Gasteiger partial charge in [-0.15, -0.1) is 0 Å². The molecule has 19 heavy (non-hydrogen) atoms. The zero-order valence-corrected chi connectivity index (χ0v) is 12.0. The van der Waals surface area contributed by atoms with Gasteiger partial charge in [-0.05, 0) is 25.3 Å². The Labute approximate surface area is 117 Å². The van der Waals surface area contributed by atoms with E-state index in [-0.39, 0.29) is 0 Å². The molecule has 2 atom stereocenters. The lowest BCUT2D eigenvalue weighted by molar-refractivity contribution is 0.0646. The van der Waals surface area contributed by atoms with Gasteiger partial charge >= 0.3 is 0 Å². The highest BCUT2D eigenvalue weighted by molar-refractivity contribution is 5.20. The molecule has 1 N–H and O–H groups in total. The van der Waals surface area contributed by atoms with Crippen molar-refractivity contribution >= 4 is 0 Å². The summed E-state index contributed by atoms with van der Waals surface area (Å²) >= 11 is 0. The molecule has 1 saturated carbocycles. The molecule has 1 aromatic carbocycles. The molecule has 2 aliphatic rings. The fourth-order valence-electron chi connectivity index (χ4n) is 3.74. The Bertz CT molecular complexity index is 384. The molecular weight excluding hydrogens is 232 g/mol. The van der Waals surface area contributed by atoms with Crippen molar-refractivity contribution in [2.24, 2.45) is 0 Å². The summed E-state index contributed by atoms with van der Waals surface area (Å²) in [5.74, 6) is 0. The van der Waals surface area contributed by atoms with Crippen molar-refractivity contribution in [3.05, 3.63) is 35.9 Å². The Balaban J connectivity index is 1.79. The van der Waals surface area contributed by atoms with Crippen LogP contribution in [0.25, 0.3) is 0 Å². The Hall–Kier alpha value is -0.860. The van der Waals surface area contributed by atoms with Crippen LogP contribution in [-0.4, -0.2) is 30.1 Å². The van der Waals surface area contributed by atoms with E-state index in [2.05, 4.69) is 47.5 Å². The van der Waals surface area contributed by atoms with E-state index >= 15 is 0 Å². The summed E-state index contributed by atoms with van der Waals surface area (Å²) < 4.78 is 0. The number of rotatable bonds is 2. The highest BCUT2D eigenvalue weighted by Gasteiger charge is 2.32. The minimum absolute atomic E-state index is 0.570. The molecule has 0 spiro atoms. The lowest BCUT2D eigenvalue weighted by Gasteiger charge is -2.45. The second-order valence-corrected chi connectivity index (χ2v) is 6.22. The van der Waals surface area contributed by atoms with Gasteiger partial charge in [-0.3, -0.25) is 4.90 Å². The maximum Gasteiger partial charge on any atom is 0.0476 e. The molecule has 1 aliphatic heterocycles. The van der Waals surface area contributed by atoms with Gasteiger partial charge in [0, 0.05) is 31.2 Å². The molecule has 104 valence electrons. The monoisotopic (exact) mass is 258 g/mol. The van der Waals surface area contributed by atoms with Gasteiger partial charge in [-0.2, -0.15) is 0 Å². The fourth-order valence-corrected chi connectivity index (χ4v) is 3.74. The SMILES string of the molecule is CC1CN(C2CCCCC2)C(c2ccccc2)CN1. The average Bonchev–Trinajstić information content (AvgIpc) is 2.49. The van der Waals surface area contributed by atoms with E-state index in [1.165, 1.54) is 44.2 Å². The Morgan fingerprint density at radius 1 is 1.05 bits per heavy atom. The fraction of sp³-hybridized carbons (Fsp3) is 0.647. The summed E-state index contributed by atoms with van der Waals surface area (Å²) in [6.07, 6.45) is 7.08. The molecule has 0 radical (unpaired) electrons. The van der Waals surface area contributed by atoms with Gasteiger partial charge < -0.3 is 5.32 Å². The minimum Gasteiger partial charge on any atom is -0.311 e. The molecule has 0 bridgehead atoms. The molecule has 0 amide bonds. The maximum absolute atomic E-state index is 3.66. The number of hydrogen-bond donors (Lipinski definition) is 1. The Morgan fingerprint density at radius 2 is 1.79 bits per heavy atom. The van der Waals surface area contributed by atoms with Crippen molar-refractivity contribution in [3.8, 4) is 0 Å². The lowest BCUT2D eigenvalue weighted by atomic mass is 9.90. The summed E-state index contributed by atoms with van der Waals surface area (Å²) in [5, 5.41) is 3.66. The van der Waals surface area contributed by atoms with Crippen molar-refractivity contribution in [3.63, 3.8) is 0 Å². The summed E-state index contributed by atoms with van der Waals surface area (Å²) in [6.45, 7) is 4.61. The topological polar surface area (TPSA) is 15.3 Å². The first-order valence-corrected chi connectivity index (χ1v) is 7.88. The van der Waals surface area contributed by atoms with Crippen LogP contribution in [0.5, 0.6) is 0 Å². The third-order valence-corrected chi connectivity index (χ3v) is 4.77. The molecule has 1 aromatic rings. The van der Waals surface area contributed by atoms with E-state index in [4.69, 9.17) is 0 Å². The Kier molecular flexibility index (Phi) is 4.19. The van der Waals surface area contributed by atoms with Gasteiger partial charge in [0.25, 0.3) is 0 Å². The van der Waals surface area contributed by atoms with Crippen molar-refractivity contribution in [1.82, 2.24) is 10.2 Å². The van der Waals surface area contributed by atoms with Gasteiger partial charge in [-0.25, -0.2) is 0 Å². The second kappa shape index (κ2) is 6.06. The van der Waals surface area contributed by atoms with Crippen LogP contribution >= 0.6 is 0 Å². The van der Waals surface area contributed by atoms with Crippen molar-refractivity contribution in [2.45, 2.75) is 57.2 Å². The van der Waals surface area contributed by atoms with E-state index in [9.17, 15) is 0 Å². The first-order valence-electron chi connectivity index (χ1n) is 7.88. The molecule has 0 aromatic heterocycles. The molecular formula is C17H26N2. The van der Waals surface area contributed by atoms with Gasteiger partial charge in [0.05, 0.1) is 0 Å². The van der Waals surface area contributed by atoms with Crippen molar-refractivity contribution < 1.29 is 0 Å². The standard InChI is InChI=1S/C17H26N2/c1-14-13-19(16-10-6-3-7-11-16)17(12-18-14)15-8-4-2-5-9-15/h2,4-5,8-9,14,16-18H,3,6-7,10-13H2,1H3. The summed E-state index contributed by atoms with van der Waals surface area (Å²) in [6, 6.07) is 13.0. The predicted molar refractivity (Wildman–Crippen MR) is 80.2 cm³/mol. The van der Waals surface area contributed by atoms with Crippen LogP contribution in [0.15, 0.2) is 30.3 Å². The van der Waals surface area contributed by atoms with E-state index in [1.54, 1.807) is 0 Å². The van der Waals surface area contributed by atoms with E-state index in [0.29, 0.717) is 12.1 Å². The van der Waals surface area contributed by atoms with Crippen LogP contribution < -0.4 is 5.32 Å². The molecule has 2 heteroatoms. The summed E-state index contributed by atoms with van der Waals surface area (Å²) in [7, 11) is 0. The normalized spacial score (nSPS) is 30.4. The first-order chi connectivity index (χ1) is 9.34. The van der Waals surface area contributed by atoms with Crippen LogP contribution in [-0.2, 0) is 0 Å². The number of piperazine rings is 1. The zero-order chi connectivity index (χ0) is 13.1.